The summed E-state index contributed by atoms with van der Waals surface area (Å²) in [6, 6.07) is 19.4. The molecular weight excluding hydrogens is 459 g/mol. The summed E-state index contributed by atoms with van der Waals surface area (Å²) >= 11 is 0. The molecule has 3 rings (SSSR count). The molecule has 9 heteroatoms. The Balaban J connectivity index is 0.00000324. The molecule has 0 aliphatic heterocycles. The molecule has 0 aliphatic rings. The molecule has 2 unspecified atom stereocenters. The Kier molecular flexibility index (Phi) is 10.8. The van der Waals surface area contributed by atoms with E-state index >= 15 is 0 Å². The van der Waals surface area contributed by atoms with E-state index in [0.717, 1.165) is 5.56 Å². The minimum atomic E-state index is -1.21. The molecule has 35 heavy (non-hydrogen) atoms. The van der Waals surface area contributed by atoms with Crippen molar-refractivity contribution in [3.05, 3.63) is 95.6 Å². The van der Waals surface area contributed by atoms with Crippen LogP contribution < -0.4 is 44.9 Å². The van der Waals surface area contributed by atoms with Crippen molar-refractivity contribution < 1.29 is 60.3 Å². The van der Waals surface area contributed by atoms with Crippen LogP contribution in [0.2, 0.25) is 0 Å². The second-order valence-electron chi connectivity index (χ2n) is 7.71. The number of aliphatic carboxylic acids is 1. The minimum absolute atomic E-state index is 0. The average Bonchev–Trinajstić information content (AvgIpc) is 2.85. The fraction of sp³-hybridized carbons (Fsp3) is 0.192. The topological polar surface area (TPSA) is 125 Å². The largest absolute Gasteiger partial charge is 1.00 e. The molecular formula is C26H27N2NaO6. The summed E-state index contributed by atoms with van der Waals surface area (Å²) in [6.45, 7) is 0. The van der Waals surface area contributed by atoms with Crippen molar-refractivity contribution in [1.29, 1.82) is 0 Å². The van der Waals surface area contributed by atoms with Crippen LogP contribution in [0.4, 0.5) is 0 Å². The first-order valence-electron chi connectivity index (χ1n) is 10.7. The van der Waals surface area contributed by atoms with Crippen LogP contribution in [-0.2, 0) is 22.4 Å². The molecule has 8 nitrogen and oxygen atoms in total. The first-order valence-corrected chi connectivity index (χ1v) is 10.7. The van der Waals surface area contributed by atoms with Crippen LogP contribution in [0, 0.1) is 0 Å². The summed E-state index contributed by atoms with van der Waals surface area (Å²) in [4.78, 5) is 37.8. The van der Waals surface area contributed by atoms with Crippen LogP contribution in [-0.4, -0.2) is 47.2 Å². The molecule has 3 aromatic carbocycles. The first kappa shape index (κ1) is 27.9. The fourth-order valence-electron chi connectivity index (χ4n) is 3.38. The number of aromatic hydroxyl groups is 1. The monoisotopic (exact) mass is 486 g/mol. The van der Waals surface area contributed by atoms with E-state index in [0.29, 0.717) is 16.9 Å². The molecule has 0 fully saturated rings. The van der Waals surface area contributed by atoms with Gasteiger partial charge in [0.1, 0.15) is 23.6 Å². The van der Waals surface area contributed by atoms with Crippen molar-refractivity contribution in [2.24, 2.45) is 0 Å². The van der Waals surface area contributed by atoms with Crippen LogP contribution in [0.15, 0.2) is 78.9 Å². The predicted molar refractivity (Wildman–Crippen MR) is 127 cm³/mol. The zero-order valence-corrected chi connectivity index (χ0v) is 21.6. The third-order valence-corrected chi connectivity index (χ3v) is 5.25. The molecule has 0 saturated heterocycles. The van der Waals surface area contributed by atoms with Gasteiger partial charge in [-0.15, -0.1) is 0 Å². The quantitative estimate of drug-likeness (QED) is 0.291. The number of methoxy groups -OCH3 is 1. The number of carbonyl (C=O) groups excluding carboxylic acids is 2. The van der Waals surface area contributed by atoms with Crippen molar-refractivity contribution >= 4 is 17.8 Å². The van der Waals surface area contributed by atoms with Gasteiger partial charge in [-0.1, -0.05) is 42.5 Å². The second kappa shape index (κ2) is 13.5. The van der Waals surface area contributed by atoms with Gasteiger partial charge in [-0.2, -0.15) is 0 Å². The molecule has 178 valence electrons. The molecule has 0 aliphatic carbocycles. The summed E-state index contributed by atoms with van der Waals surface area (Å²) in [5.41, 5.74) is 1.78. The number of phenols is 1. The van der Waals surface area contributed by atoms with Gasteiger partial charge in [-0.25, -0.2) is 4.79 Å². The van der Waals surface area contributed by atoms with E-state index in [1.807, 2.05) is 30.3 Å². The number of phenolic OH excluding ortho intramolecular Hbond substituents is 1. The molecule has 0 spiro atoms. The van der Waals surface area contributed by atoms with Crippen LogP contribution in [0.3, 0.4) is 0 Å². The molecule has 0 heterocycles. The summed E-state index contributed by atoms with van der Waals surface area (Å²) in [7, 11) is 1.52. The number of hydrogen-bond acceptors (Lipinski definition) is 5. The van der Waals surface area contributed by atoms with E-state index in [4.69, 9.17) is 4.74 Å². The maximum absolute atomic E-state index is 13.1. The minimum Gasteiger partial charge on any atom is -1.00 e. The van der Waals surface area contributed by atoms with Crippen molar-refractivity contribution in [1.82, 2.24) is 10.6 Å². The zero-order valence-electron chi connectivity index (χ0n) is 20.6. The number of benzene rings is 3. The Labute approximate surface area is 227 Å². The molecule has 4 N–H and O–H groups in total. The van der Waals surface area contributed by atoms with Crippen molar-refractivity contribution in [3.63, 3.8) is 0 Å². The summed E-state index contributed by atoms with van der Waals surface area (Å²) in [5, 5.41) is 24.3. The van der Waals surface area contributed by atoms with Crippen LogP contribution in [0.5, 0.6) is 11.5 Å². The van der Waals surface area contributed by atoms with E-state index in [1.165, 1.54) is 19.2 Å². The van der Waals surface area contributed by atoms with Gasteiger partial charge < -0.3 is 27.0 Å². The molecule has 3 aromatic rings. The molecule has 2 amide bonds. The number of carbonyl (C=O) groups is 3. The predicted octanol–water partition coefficient (Wildman–Crippen LogP) is -0.329. The average molecular weight is 487 g/mol. The molecule has 0 radical (unpaired) electrons. The van der Waals surface area contributed by atoms with Crippen LogP contribution in [0.1, 0.15) is 22.9 Å². The van der Waals surface area contributed by atoms with Gasteiger partial charge in [-0.3, -0.25) is 9.59 Å². The fourth-order valence-corrected chi connectivity index (χ4v) is 3.38. The standard InChI is InChI=1S/C26H26N2O6.Na.H/c1-34-21-13-9-19(10-14-21)24(30)27-22(15-17-5-3-2-4-6-17)25(31)28-23(26(32)33)16-18-7-11-20(29)12-8-18;;/h2-14,22-23,29H,15-16H2,1H3,(H,27,30)(H,28,31)(H,32,33);;/q;+1;-1. The van der Waals surface area contributed by atoms with E-state index in [-0.39, 0.29) is 49.6 Å². The number of nitrogens with one attached hydrogen (secondary N) is 2. The van der Waals surface area contributed by atoms with Gasteiger partial charge in [0, 0.05) is 18.4 Å². The van der Waals surface area contributed by atoms with Gasteiger partial charge in [0.25, 0.3) is 5.91 Å². The van der Waals surface area contributed by atoms with Crippen molar-refractivity contribution in [2.45, 2.75) is 24.9 Å². The Morgan fingerprint density at radius 3 is 1.97 bits per heavy atom. The van der Waals surface area contributed by atoms with Crippen molar-refractivity contribution in [3.8, 4) is 11.5 Å². The van der Waals surface area contributed by atoms with Gasteiger partial charge >= 0.3 is 35.5 Å². The Hall–Kier alpha value is -3.33. The first-order chi connectivity index (χ1) is 16.4. The van der Waals surface area contributed by atoms with Crippen LogP contribution in [0.25, 0.3) is 0 Å². The summed E-state index contributed by atoms with van der Waals surface area (Å²) < 4.78 is 5.10. The Morgan fingerprint density at radius 2 is 1.40 bits per heavy atom. The van der Waals surface area contributed by atoms with Gasteiger partial charge in [0.15, 0.2) is 0 Å². The SMILES string of the molecule is COc1ccc(C(=O)NC(Cc2ccccc2)C(=O)NC(Cc2ccc(O)cc2)C(=O)O)cc1.[H-].[Na+]. The van der Waals surface area contributed by atoms with Gasteiger partial charge in [0.2, 0.25) is 5.91 Å². The number of ether oxygens (including phenoxy) is 1. The number of carboxylic acids is 1. The maximum Gasteiger partial charge on any atom is 1.00 e. The van der Waals surface area contributed by atoms with E-state index in [2.05, 4.69) is 10.6 Å². The molecule has 2 atom stereocenters. The second-order valence-corrected chi connectivity index (χ2v) is 7.71. The Bertz CT molecular complexity index is 1130. The number of carboxylic acid groups (broad SMARTS) is 1. The van der Waals surface area contributed by atoms with Gasteiger partial charge in [-0.05, 0) is 47.5 Å². The van der Waals surface area contributed by atoms with Crippen molar-refractivity contribution in [2.75, 3.05) is 7.11 Å². The maximum atomic E-state index is 13.1. The summed E-state index contributed by atoms with van der Waals surface area (Å²) in [5.74, 6) is -1.64. The van der Waals surface area contributed by atoms with Crippen LogP contribution >= 0.6 is 0 Å². The molecule has 0 saturated carbocycles. The van der Waals surface area contributed by atoms with E-state index < -0.39 is 29.9 Å². The summed E-state index contributed by atoms with van der Waals surface area (Å²) in [6.07, 6.45) is 0.200. The smallest absolute Gasteiger partial charge is 1.00 e. The number of rotatable bonds is 10. The normalized spacial score (nSPS) is 11.9. The van der Waals surface area contributed by atoms with E-state index in [1.54, 1.807) is 36.4 Å². The zero-order chi connectivity index (χ0) is 24.5. The number of hydrogen-bond donors (Lipinski definition) is 4. The number of amides is 2. The Morgan fingerprint density at radius 1 is 0.829 bits per heavy atom. The molecule has 0 aromatic heterocycles. The third-order valence-electron chi connectivity index (χ3n) is 5.25. The van der Waals surface area contributed by atoms with E-state index in [9.17, 15) is 24.6 Å². The molecule has 0 bridgehead atoms. The third kappa shape index (κ3) is 8.43. The van der Waals surface area contributed by atoms with Gasteiger partial charge in [0.05, 0.1) is 7.11 Å².